The van der Waals surface area contributed by atoms with E-state index in [-0.39, 0.29) is 11.4 Å². The molecule has 0 saturated heterocycles. The van der Waals surface area contributed by atoms with Crippen molar-refractivity contribution in [2.75, 3.05) is 0 Å². The van der Waals surface area contributed by atoms with Crippen LogP contribution in [0.25, 0.3) is 11.0 Å². The van der Waals surface area contributed by atoms with Crippen LogP contribution in [0.15, 0.2) is 23.0 Å². The van der Waals surface area contributed by atoms with E-state index >= 15 is 0 Å². The third kappa shape index (κ3) is 2.15. The smallest absolute Gasteiger partial charge is 0.328 e. The number of phenolic OH excluding ortho intramolecular Hbond substituents is 1. The number of hydrogen-bond donors (Lipinski definition) is 1. The molecule has 4 nitrogen and oxygen atoms in total. The molecule has 0 spiro atoms. The van der Waals surface area contributed by atoms with Crippen molar-refractivity contribution in [1.29, 1.82) is 0 Å². The summed E-state index contributed by atoms with van der Waals surface area (Å²) in [6.45, 7) is 0.777. The van der Waals surface area contributed by atoms with Gasteiger partial charge in [0.05, 0.1) is 11.0 Å². The molecule has 102 valence electrons. The molecule has 3 rings (SSSR count). The molecule has 0 aliphatic heterocycles. The van der Waals surface area contributed by atoms with Gasteiger partial charge in [-0.25, -0.2) is 4.79 Å². The van der Waals surface area contributed by atoms with E-state index in [0.717, 1.165) is 17.6 Å². The molecule has 0 amide bonds. The van der Waals surface area contributed by atoms with Crippen LogP contribution in [-0.2, 0) is 13.6 Å². The molecule has 1 aliphatic rings. The van der Waals surface area contributed by atoms with Gasteiger partial charge in [0.2, 0.25) is 0 Å². The first kappa shape index (κ1) is 12.3. The average molecular weight is 260 g/mol. The minimum atomic E-state index is 0.0196. The van der Waals surface area contributed by atoms with Gasteiger partial charge in [0.1, 0.15) is 5.75 Å². The maximum Gasteiger partial charge on any atom is 0.328 e. The Bertz CT molecular complexity index is 648. The molecule has 1 fully saturated rings. The van der Waals surface area contributed by atoms with Crippen molar-refractivity contribution >= 4 is 11.0 Å². The Balaban J connectivity index is 2.04. The molecule has 1 N–H and O–H groups in total. The summed E-state index contributed by atoms with van der Waals surface area (Å²) < 4.78 is 3.49. The number of nitrogens with zero attached hydrogens (tertiary/aromatic N) is 2. The number of fused-ring (bicyclic) bond motifs is 1. The molecule has 0 radical (unpaired) electrons. The molecular weight excluding hydrogens is 240 g/mol. The van der Waals surface area contributed by atoms with Crippen molar-refractivity contribution in [2.24, 2.45) is 13.0 Å². The second-order valence-corrected chi connectivity index (χ2v) is 5.63. The molecule has 0 atom stereocenters. The van der Waals surface area contributed by atoms with Crippen LogP contribution >= 0.6 is 0 Å². The Morgan fingerprint density at radius 3 is 2.68 bits per heavy atom. The van der Waals surface area contributed by atoms with Crippen molar-refractivity contribution in [2.45, 2.75) is 38.6 Å². The Morgan fingerprint density at radius 2 is 1.95 bits per heavy atom. The first-order valence-corrected chi connectivity index (χ1v) is 7.05. The molecule has 1 aromatic carbocycles. The van der Waals surface area contributed by atoms with E-state index in [0.29, 0.717) is 5.92 Å². The lowest BCUT2D eigenvalue weighted by atomic mass is 9.89. The van der Waals surface area contributed by atoms with Gasteiger partial charge in [-0.2, -0.15) is 0 Å². The molecule has 2 aromatic rings. The Hall–Kier alpha value is -1.71. The van der Waals surface area contributed by atoms with E-state index in [4.69, 9.17) is 0 Å². The van der Waals surface area contributed by atoms with Gasteiger partial charge in [0, 0.05) is 19.7 Å². The zero-order valence-electron chi connectivity index (χ0n) is 11.3. The fraction of sp³-hybridized carbons (Fsp3) is 0.533. The quantitative estimate of drug-likeness (QED) is 0.902. The Labute approximate surface area is 112 Å². The van der Waals surface area contributed by atoms with Gasteiger partial charge in [0.15, 0.2) is 0 Å². The molecule has 19 heavy (non-hydrogen) atoms. The molecule has 1 aromatic heterocycles. The lowest BCUT2D eigenvalue weighted by Gasteiger charge is -2.21. The molecule has 0 unspecified atom stereocenters. The van der Waals surface area contributed by atoms with Crippen molar-refractivity contribution in [1.82, 2.24) is 9.13 Å². The number of phenols is 1. The first-order valence-electron chi connectivity index (χ1n) is 7.05. The average Bonchev–Trinajstić information content (AvgIpc) is 2.65. The summed E-state index contributed by atoms with van der Waals surface area (Å²) in [5.74, 6) is 0.815. The third-order valence-corrected chi connectivity index (χ3v) is 4.29. The normalized spacial score (nSPS) is 17.1. The minimum Gasteiger partial charge on any atom is -0.508 e. The van der Waals surface area contributed by atoms with Crippen LogP contribution in [0.3, 0.4) is 0 Å². The van der Waals surface area contributed by atoms with Gasteiger partial charge in [-0.3, -0.25) is 9.13 Å². The fourth-order valence-electron chi connectivity index (χ4n) is 3.20. The summed E-state index contributed by atoms with van der Waals surface area (Å²) in [4.78, 5) is 12.3. The molecule has 1 heterocycles. The number of imidazole rings is 1. The van der Waals surface area contributed by atoms with E-state index in [9.17, 15) is 9.90 Å². The summed E-state index contributed by atoms with van der Waals surface area (Å²) in [5.41, 5.74) is 1.75. The van der Waals surface area contributed by atoms with Crippen LogP contribution in [0.2, 0.25) is 0 Å². The first-order chi connectivity index (χ1) is 9.16. The number of aryl methyl sites for hydroxylation is 1. The third-order valence-electron chi connectivity index (χ3n) is 4.29. The molecule has 1 saturated carbocycles. The number of aromatic hydroxyl groups is 1. The highest BCUT2D eigenvalue weighted by molar-refractivity contribution is 5.77. The Morgan fingerprint density at radius 1 is 1.21 bits per heavy atom. The fourth-order valence-corrected chi connectivity index (χ4v) is 3.20. The summed E-state index contributed by atoms with van der Waals surface area (Å²) in [6.07, 6.45) is 6.29. The Kier molecular flexibility index (Phi) is 3.09. The summed E-state index contributed by atoms with van der Waals surface area (Å²) in [6, 6.07) is 5.13. The van der Waals surface area contributed by atoms with E-state index in [1.807, 2.05) is 10.6 Å². The van der Waals surface area contributed by atoms with Gasteiger partial charge in [-0.15, -0.1) is 0 Å². The SMILES string of the molecule is Cn1c(=O)n(CC2CCCCC2)c2cc(O)ccc21. The highest BCUT2D eigenvalue weighted by Crippen LogP contribution is 2.26. The summed E-state index contributed by atoms with van der Waals surface area (Å²) >= 11 is 0. The van der Waals surface area contributed by atoms with E-state index in [1.165, 1.54) is 32.1 Å². The largest absolute Gasteiger partial charge is 0.508 e. The monoisotopic (exact) mass is 260 g/mol. The minimum absolute atomic E-state index is 0.0196. The second-order valence-electron chi connectivity index (χ2n) is 5.63. The number of benzene rings is 1. The van der Waals surface area contributed by atoms with E-state index in [1.54, 1.807) is 23.7 Å². The molecule has 4 heteroatoms. The number of rotatable bonds is 2. The van der Waals surface area contributed by atoms with Crippen molar-refractivity contribution < 1.29 is 5.11 Å². The molecule has 0 bridgehead atoms. The lowest BCUT2D eigenvalue weighted by Crippen LogP contribution is -2.26. The van der Waals surface area contributed by atoms with Crippen LogP contribution in [-0.4, -0.2) is 14.2 Å². The van der Waals surface area contributed by atoms with Crippen LogP contribution in [0, 0.1) is 5.92 Å². The van der Waals surface area contributed by atoms with E-state index < -0.39 is 0 Å². The van der Waals surface area contributed by atoms with Gasteiger partial charge in [-0.1, -0.05) is 19.3 Å². The highest BCUT2D eigenvalue weighted by Gasteiger charge is 2.18. The second kappa shape index (κ2) is 4.76. The van der Waals surface area contributed by atoms with Gasteiger partial charge in [0.25, 0.3) is 0 Å². The van der Waals surface area contributed by atoms with Crippen molar-refractivity contribution in [3.05, 3.63) is 28.7 Å². The number of aromatic nitrogens is 2. The van der Waals surface area contributed by atoms with Gasteiger partial charge in [-0.05, 0) is 30.9 Å². The highest BCUT2D eigenvalue weighted by atomic mass is 16.3. The number of hydrogen-bond acceptors (Lipinski definition) is 2. The molecule has 1 aliphatic carbocycles. The predicted octanol–water partition coefficient (Wildman–Crippen LogP) is 2.63. The zero-order valence-corrected chi connectivity index (χ0v) is 11.3. The van der Waals surface area contributed by atoms with Crippen LogP contribution in [0.5, 0.6) is 5.75 Å². The molecular formula is C15H20N2O2. The lowest BCUT2D eigenvalue weighted by molar-refractivity contribution is 0.318. The summed E-state index contributed by atoms with van der Waals surface area (Å²) in [7, 11) is 1.79. The maximum absolute atomic E-state index is 12.3. The predicted molar refractivity (Wildman–Crippen MR) is 75.4 cm³/mol. The van der Waals surface area contributed by atoms with Crippen LogP contribution in [0.1, 0.15) is 32.1 Å². The van der Waals surface area contributed by atoms with Gasteiger partial charge < -0.3 is 5.11 Å². The topological polar surface area (TPSA) is 47.2 Å². The standard InChI is InChI=1S/C15H20N2O2/c1-16-13-8-7-12(18)9-14(13)17(15(16)19)10-11-5-3-2-4-6-11/h7-9,11,18H,2-6,10H2,1H3. The summed E-state index contributed by atoms with van der Waals surface area (Å²) in [5, 5.41) is 9.64. The zero-order chi connectivity index (χ0) is 13.4. The van der Waals surface area contributed by atoms with Crippen LogP contribution in [0.4, 0.5) is 0 Å². The maximum atomic E-state index is 12.3. The van der Waals surface area contributed by atoms with E-state index in [2.05, 4.69) is 0 Å². The van der Waals surface area contributed by atoms with Crippen molar-refractivity contribution in [3.63, 3.8) is 0 Å². The van der Waals surface area contributed by atoms with Crippen LogP contribution < -0.4 is 5.69 Å². The van der Waals surface area contributed by atoms with Crippen molar-refractivity contribution in [3.8, 4) is 5.75 Å². The van der Waals surface area contributed by atoms with Gasteiger partial charge >= 0.3 is 5.69 Å².